The van der Waals surface area contributed by atoms with Gasteiger partial charge in [0.05, 0.1) is 10.5 Å². The van der Waals surface area contributed by atoms with E-state index in [1.54, 1.807) is 12.1 Å². The van der Waals surface area contributed by atoms with Gasteiger partial charge < -0.3 is 10.6 Å². The number of nitrogens with one attached hydrogen (secondary N) is 2. The molecule has 7 nitrogen and oxygen atoms in total. The first-order valence-corrected chi connectivity index (χ1v) is 11.3. The highest BCUT2D eigenvalue weighted by Crippen LogP contribution is 2.21. The van der Waals surface area contributed by atoms with Gasteiger partial charge >= 0.3 is 0 Å². The number of sulfonamides is 1. The average molecular weight is 451 g/mol. The number of hydrogen-bond donors (Lipinski definition) is 2. The van der Waals surface area contributed by atoms with Gasteiger partial charge in [-0.1, -0.05) is 12.1 Å². The van der Waals surface area contributed by atoms with E-state index in [0.717, 1.165) is 30.5 Å². The molecule has 1 aliphatic rings. The largest absolute Gasteiger partial charge is 0.352 e. The minimum atomic E-state index is -3.48. The fourth-order valence-corrected chi connectivity index (χ4v) is 4.72. The molecule has 0 aliphatic carbocycles. The van der Waals surface area contributed by atoms with E-state index in [-0.39, 0.29) is 35.9 Å². The molecule has 0 spiro atoms. The molecule has 166 valence electrons. The van der Waals surface area contributed by atoms with Gasteiger partial charge in [0.1, 0.15) is 11.6 Å². The molecule has 2 aromatic carbocycles. The zero-order valence-corrected chi connectivity index (χ0v) is 17.6. The van der Waals surface area contributed by atoms with Crippen molar-refractivity contribution >= 4 is 21.8 Å². The van der Waals surface area contributed by atoms with Crippen molar-refractivity contribution < 1.29 is 26.8 Å². The monoisotopic (exact) mass is 451 g/mol. The maximum atomic E-state index is 13.6. The van der Waals surface area contributed by atoms with Crippen molar-refractivity contribution in [2.45, 2.75) is 30.7 Å². The molecule has 31 heavy (non-hydrogen) atoms. The lowest BCUT2D eigenvalue weighted by molar-refractivity contribution is -0.121. The first-order chi connectivity index (χ1) is 14.8. The van der Waals surface area contributed by atoms with Gasteiger partial charge in [0.25, 0.3) is 5.91 Å². The quantitative estimate of drug-likeness (QED) is 0.643. The van der Waals surface area contributed by atoms with Crippen LogP contribution in [0.2, 0.25) is 0 Å². The van der Waals surface area contributed by atoms with E-state index in [0.29, 0.717) is 19.2 Å². The second-order valence-electron chi connectivity index (χ2n) is 7.16. The van der Waals surface area contributed by atoms with Crippen LogP contribution >= 0.6 is 0 Å². The van der Waals surface area contributed by atoms with Gasteiger partial charge in [-0.05, 0) is 42.7 Å². The SMILES string of the molecule is O=C(CCNC(=O)c1ccc(F)cc1F)NCc1ccc(S(=O)(=O)N2CCCC2)cc1. The molecule has 0 saturated carbocycles. The number of amides is 2. The first-order valence-electron chi connectivity index (χ1n) is 9.86. The van der Waals surface area contributed by atoms with Crippen molar-refractivity contribution in [3.63, 3.8) is 0 Å². The third kappa shape index (κ3) is 5.86. The molecule has 10 heteroatoms. The van der Waals surface area contributed by atoms with Crippen LogP contribution in [0.5, 0.6) is 0 Å². The fraction of sp³-hybridized carbons (Fsp3) is 0.333. The summed E-state index contributed by atoms with van der Waals surface area (Å²) in [6.07, 6.45) is 1.70. The zero-order valence-electron chi connectivity index (χ0n) is 16.7. The van der Waals surface area contributed by atoms with Crippen LogP contribution in [0.3, 0.4) is 0 Å². The number of halogens is 2. The van der Waals surface area contributed by atoms with Gasteiger partial charge in [-0.15, -0.1) is 0 Å². The Labute approximate surface area is 179 Å². The van der Waals surface area contributed by atoms with Gasteiger partial charge in [0.2, 0.25) is 15.9 Å². The zero-order chi connectivity index (χ0) is 22.4. The van der Waals surface area contributed by atoms with E-state index in [1.807, 2.05) is 0 Å². The van der Waals surface area contributed by atoms with E-state index < -0.39 is 27.6 Å². The van der Waals surface area contributed by atoms with Crippen molar-refractivity contribution in [1.29, 1.82) is 0 Å². The highest BCUT2D eigenvalue weighted by Gasteiger charge is 2.26. The van der Waals surface area contributed by atoms with Crippen LogP contribution in [0, 0.1) is 11.6 Å². The van der Waals surface area contributed by atoms with Crippen molar-refractivity contribution in [3.05, 3.63) is 65.2 Å². The van der Waals surface area contributed by atoms with Gasteiger partial charge in [0, 0.05) is 38.7 Å². The van der Waals surface area contributed by atoms with E-state index >= 15 is 0 Å². The molecule has 0 unspecified atom stereocenters. The summed E-state index contributed by atoms with van der Waals surface area (Å²) in [5, 5.41) is 5.08. The summed E-state index contributed by atoms with van der Waals surface area (Å²) in [6, 6.07) is 8.95. The van der Waals surface area contributed by atoms with Crippen LogP contribution in [0.15, 0.2) is 47.4 Å². The summed E-state index contributed by atoms with van der Waals surface area (Å²) in [6.45, 7) is 1.24. The van der Waals surface area contributed by atoms with Crippen molar-refractivity contribution in [1.82, 2.24) is 14.9 Å². The molecule has 0 aromatic heterocycles. The van der Waals surface area contributed by atoms with Crippen LogP contribution in [0.4, 0.5) is 8.78 Å². The molecule has 2 N–H and O–H groups in total. The van der Waals surface area contributed by atoms with Crippen LogP contribution < -0.4 is 10.6 Å². The number of carbonyl (C=O) groups excluding carboxylic acids is 2. The van der Waals surface area contributed by atoms with Crippen LogP contribution in [0.25, 0.3) is 0 Å². The van der Waals surface area contributed by atoms with Crippen molar-refractivity contribution in [3.8, 4) is 0 Å². The van der Waals surface area contributed by atoms with Crippen LogP contribution in [0.1, 0.15) is 35.2 Å². The lowest BCUT2D eigenvalue weighted by Crippen LogP contribution is -2.31. The van der Waals surface area contributed by atoms with Gasteiger partial charge in [-0.3, -0.25) is 9.59 Å². The van der Waals surface area contributed by atoms with E-state index in [4.69, 9.17) is 0 Å². The summed E-state index contributed by atoms with van der Waals surface area (Å²) in [5.41, 5.74) is 0.428. The summed E-state index contributed by atoms with van der Waals surface area (Å²) in [4.78, 5) is 24.1. The molecule has 2 aromatic rings. The predicted molar refractivity (Wildman–Crippen MR) is 110 cm³/mol. The number of benzene rings is 2. The Morgan fingerprint density at radius 2 is 1.65 bits per heavy atom. The van der Waals surface area contributed by atoms with Crippen LogP contribution in [-0.4, -0.2) is 44.2 Å². The van der Waals surface area contributed by atoms with E-state index in [1.165, 1.54) is 16.4 Å². The molecule has 1 aliphatic heterocycles. The fourth-order valence-electron chi connectivity index (χ4n) is 3.20. The summed E-state index contributed by atoms with van der Waals surface area (Å²) in [7, 11) is -3.48. The molecular weight excluding hydrogens is 428 g/mol. The first kappa shape index (κ1) is 22.8. The standard InChI is InChI=1S/C21H23F2N3O4S/c22-16-5-8-18(19(23)13-16)21(28)24-10-9-20(27)25-14-15-3-6-17(7-4-15)31(29,30)26-11-1-2-12-26/h3-8,13H,1-2,9-12,14H2,(H,24,28)(H,25,27). The summed E-state index contributed by atoms with van der Waals surface area (Å²) < 4.78 is 52.9. The minimum Gasteiger partial charge on any atom is -0.352 e. The number of carbonyl (C=O) groups is 2. The van der Waals surface area contributed by atoms with Gasteiger partial charge in [-0.25, -0.2) is 17.2 Å². The molecule has 0 atom stereocenters. The summed E-state index contributed by atoms with van der Waals surface area (Å²) >= 11 is 0. The van der Waals surface area contributed by atoms with E-state index in [2.05, 4.69) is 10.6 Å². The molecular formula is C21H23F2N3O4S. The number of hydrogen-bond acceptors (Lipinski definition) is 4. The average Bonchev–Trinajstić information content (AvgIpc) is 3.28. The molecule has 1 saturated heterocycles. The molecule has 0 bridgehead atoms. The Balaban J connectivity index is 1.44. The third-order valence-corrected chi connectivity index (χ3v) is 6.84. The molecule has 0 radical (unpaired) electrons. The molecule has 1 heterocycles. The Bertz CT molecular complexity index is 1050. The second-order valence-corrected chi connectivity index (χ2v) is 9.10. The molecule has 1 fully saturated rings. The van der Waals surface area contributed by atoms with Crippen molar-refractivity contribution in [2.75, 3.05) is 19.6 Å². The maximum absolute atomic E-state index is 13.6. The second kappa shape index (κ2) is 9.97. The Kier molecular flexibility index (Phi) is 7.34. The Hall–Kier alpha value is -2.85. The smallest absolute Gasteiger partial charge is 0.254 e. The lowest BCUT2D eigenvalue weighted by atomic mass is 10.2. The topological polar surface area (TPSA) is 95.6 Å². The predicted octanol–water partition coefficient (Wildman–Crippen LogP) is 2.19. The number of rotatable bonds is 8. The highest BCUT2D eigenvalue weighted by molar-refractivity contribution is 7.89. The Morgan fingerprint density at radius 1 is 0.968 bits per heavy atom. The highest BCUT2D eigenvalue weighted by atomic mass is 32.2. The van der Waals surface area contributed by atoms with Crippen LogP contribution in [-0.2, 0) is 21.4 Å². The third-order valence-electron chi connectivity index (χ3n) is 4.93. The van der Waals surface area contributed by atoms with Gasteiger partial charge in [-0.2, -0.15) is 4.31 Å². The minimum absolute atomic E-state index is 0.0193. The maximum Gasteiger partial charge on any atom is 0.254 e. The molecule has 3 rings (SSSR count). The normalized spacial score (nSPS) is 14.4. The molecule has 2 amide bonds. The summed E-state index contributed by atoms with van der Waals surface area (Å²) in [5.74, 6) is -2.83. The van der Waals surface area contributed by atoms with Gasteiger partial charge in [0.15, 0.2) is 0 Å². The van der Waals surface area contributed by atoms with E-state index in [9.17, 15) is 26.8 Å². The lowest BCUT2D eigenvalue weighted by Gasteiger charge is -2.15. The number of nitrogens with zero attached hydrogens (tertiary/aromatic N) is 1. The van der Waals surface area contributed by atoms with Crippen molar-refractivity contribution in [2.24, 2.45) is 0 Å². The Morgan fingerprint density at radius 3 is 2.29 bits per heavy atom.